The molecule has 0 saturated heterocycles. The van der Waals surface area contributed by atoms with Crippen LogP contribution >= 0.6 is 46.4 Å². The molecule has 0 amide bonds. The number of esters is 1. The third-order valence-corrected chi connectivity index (χ3v) is 3.72. The minimum absolute atomic E-state index is 0.00996. The second kappa shape index (κ2) is 6.02. The molecule has 2 rings (SSSR count). The van der Waals surface area contributed by atoms with Gasteiger partial charge in [-0.15, -0.1) is 0 Å². The van der Waals surface area contributed by atoms with Crippen molar-refractivity contribution < 1.29 is 9.53 Å². The molecule has 0 saturated carbocycles. The monoisotopic (exact) mass is 334 g/mol. The molecule has 0 bridgehead atoms. The number of rotatable bonds is 2. The van der Waals surface area contributed by atoms with Crippen LogP contribution in [-0.4, -0.2) is 5.97 Å². The molecule has 0 fully saturated rings. The summed E-state index contributed by atoms with van der Waals surface area (Å²) in [6, 6.07) is 9.55. The van der Waals surface area contributed by atoms with E-state index in [2.05, 4.69) is 0 Å². The Labute approximate surface area is 129 Å². The van der Waals surface area contributed by atoms with E-state index in [9.17, 15) is 4.79 Å². The Morgan fingerprint density at radius 2 is 1.47 bits per heavy atom. The summed E-state index contributed by atoms with van der Waals surface area (Å²) < 4.78 is 5.15. The van der Waals surface area contributed by atoms with Crippen LogP contribution in [0.15, 0.2) is 36.4 Å². The SMILES string of the molecule is O=C(Oc1ccccc1Cl)c1c(Cl)ccc(Cl)c1Cl. The lowest BCUT2D eigenvalue weighted by Gasteiger charge is -2.09. The molecule has 0 spiro atoms. The standard InChI is InChI=1S/C13H6Cl4O2/c14-7-3-1-2-4-10(7)19-13(18)11-8(15)5-6-9(16)12(11)17/h1-6H. The fraction of sp³-hybridized carbons (Fsp3) is 0. The van der Waals surface area contributed by atoms with Crippen LogP contribution in [0.1, 0.15) is 10.4 Å². The van der Waals surface area contributed by atoms with Crippen LogP contribution in [0, 0.1) is 0 Å². The number of carbonyl (C=O) groups excluding carboxylic acids is 1. The second-order valence-electron chi connectivity index (χ2n) is 3.54. The molecular formula is C13H6Cl4O2. The number of carbonyl (C=O) groups is 1. The highest BCUT2D eigenvalue weighted by molar-refractivity contribution is 6.46. The van der Waals surface area contributed by atoms with Crippen molar-refractivity contribution in [2.24, 2.45) is 0 Å². The molecular weight excluding hydrogens is 330 g/mol. The predicted octanol–water partition coefficient (Wildman–Crippen LogP) is 5.52. The summed E-state index contributed by atoms with van der Waals surface area (Å²) in [5.41, 5.74) is 0.00996. The van der Waals surface area contributed by atoms with Crippen molar-refractivity contribution in [2.75, 3.05) is 0 Å². The van der Waals surface area contributed by atoms with Crippen molar-refractivity contribution in [1.82, 2.24) is 0 Å². The first-order chi connectivity index (χ1) is 9.00. The molecule has 0 aliphatic carbocycles. The topological polar surface area (TPSA) is 26.3 Å². The molecule has 0 radical (unpaired) electrons. The largest absolute Gasteiger partial charge is 0.421 e. The molecule has 19 heavy (non-hydrogen) atoms. The summed E-state index contributed by atoms with van der Waals surface area (Å²) in [7, 11) is 0. The van der Waals surface area contributed by atoms with Gasteiger partial charge in [0.25, 0.3) is 0 Å². The average Bonchev–Trinajstić information content (AvgIpc) is 2.37. The maximum absolute atomic E-state index is 12.1. The molecule has 6 heteroatoms. The summed E-state index contributed by atoms with van der Waals surface area (Å²) >= 11 is 23.6. The Morgan fingerprint density at radius 3 is 2.16 bits per heavy atom. The second-order valence-corrected chi connectivity index (χ2v) is 5.14. The molecule has 0 N–H and O–H groups in total. The summed E-state index contributed by atoms with van der Waals surface area (Å²) in [5.74, 6) is -0.494. The van der Waals surface area contributed by atoms with Crippen molar-refractivity contribution in [1.29, 1.82) is 0 Å². The lowest BCUT2D eigenvalue weighted by atomic mass is 10.2. The molecule has 0 heterocycles. The summed E-state index contributed by atoms with van der Waals surface area (Å²) in [6.45, 7) is 0. The van der Waals surface area contributed by atoms with E-state index in [4.69, 9.17) is 51.1 Å². The predicted molar refractivity (Wildman–Crippen MR) is 77.9 cm³/mol. The highest BCUT2D eigenvalue weighted by Gasteiger charge is 2.20. The van der Waals surface area contributed by atoms with Crippen LogP contribution in [-0.2, 0) is 0 Å². The van der Waals surface area contributed by atoms with Gasteiger partial charge in [0.1, 0.15) is 5.75 Å². The molecule has 0 aliphatic heterocycles. The van der Waals surface area contributed by atoms with Gasteiger partial charge in [0.15, 0.2) is 0 Å². The van der Waals surface area contributed by atoms with Gasteiger partial charge in [-0.25, -0.2) is 4.79 Å². The van der Waals surface area contributed by atoms with Crippen LogP contribution in [0.25, 0.3) is 0 Å². The van der Waals surface area contributed by atoms with E-state index in [0.29, 0.717) is 5.02 Å². The van der Waals surface area contributed by atoms with E-state index in [0.717, 1.165) is 0 Å². The van der Waals surface area contributed by atoms with Gasteiger partial charge in [-0.1, -0.05) is 58.5 Å². The normalized spacial score (nSPS) is 10.3. The third kappa shape index (κ3) is 3.15. The van der Waals surface area contributed by atoms with Crippen molar-refractivity contribution >= 4 is 52.4 Å². The van der Waals surface area contributed by atoms with Crippen molar-refractivity contribution in [3.05, 3.63) is 62.1 Å². The Morgan fingerprint density at radius 1 is 0.842 bits per heavy atom. The number of halogens is 4. The van der Waals surface area contributed by atoms with Gasteiger partial charge in [-0.3, -0.25) is 0 Å². The van der Waals surface area contributed by atoms with Crippen LogP contribution in [0.2, 0.25) is 20.1 Å². The third-order valence-electron chi connectivity index (χ3n) is 2.29. The smallest absolute Gasteiger partial charge is 0.346 e. The quantitative estimate of drug-likeness (QED) is 0.410. The van der Waals surface area contributed by atoms with Gasteiger partial charge in [0.2, 0.25) is 0 Å². The molecule has 2 nitrogen and oxygen atoms in total. The lowest BCUT2D eigenvalue weighted by molar-refractivity contribution is 0.0735. The maximum atomic E-state index is 12.1. The van der Waals surface area contributed by atoms with E-state index in [-0.39, 0.29) is 26.4 Å². The summed E-state index contributed by atoms with van der Waals surface area (Å²) in [4.78, 5) is 12.1. The lowest BCUT2D eigenvalue weighted by Crippen LogP contribution is -2.10. The van der Waals surface area contributed by atoms with E-state index in [1.807, 2.05) is 0 Å². The molecule has 2 aromatic rings. The first kappa shape index (κ1) is 14.5. The Balaban J connectivity index is 2.36. The number of hydrogen-bond donors (Lipinski definition) is 0. The Hall–Kier alpha value is -0.930. The van der Waals surface area contributed by atoms with Gasteiger partial charge >= 0.3 is 5.97 Å². The number of ether oxygens (including phenoxy) is 1. The zero-order valence-electron chi connectivity index (χ0n) is 9.29. The molecule has 2 aromatic carbocycles. The van der Waals surface area contributed by atoms with Crippen LogP contribution in [0.5, 0.6) is 5.75 Å². The van der Waals surface area contributed by atoms with Crippen LogP contribution in [0.3, 0.4) is 0 Å². The first-order valence-electron chi connectivity index (χ1n) is 5.11. The number of para-hydroxylation sites is 1. The Bertz CT molecular complexity index is 641. The van der Waals surface area contributed by atoms with E-state index in [1.165, 1.54) is 12.1 Å². The number of benzene rings is 2. The molecule has 0 unspecified atom stereocenters. The van der Waals surface area contributed by atoms with Gasteiger partial charge in [0.05, 0.1) is 25.7 Å². The van der Waals surface area contributed by atoms with Crippen molar-refractivity contribution in [2.45, 2.75) is 0 Å². The average molecular weight is 336 g/mol. The van der Waals surface area contributed by atoms with Gasteiger partial charge in [0, 0.05) is 0 Å². The van der Waals surface area contributed by atoms with Crippen molar-refractivity contribution in [3.63, 3.8) is 0 Å². The van der Waals surface area contributed by atoms with E-state index in [1.54, 1.807) is 24.3 Å². The summed E-state index contributed by atoms with van der Waals surface area (Å²) in [6.07, 6.45) is 0. The highest BCUT2D eigenvalue weighted by Crippen LogP contribution is 2.33. The zero-order valence-corrected chi connectivity index (χ0v) is 12.3. The minimum atomic E-state index is -0.717. The van der Waals surface area contributed by atoms with Gasteiger partial charge in [-0.2, -0.15) is 0 Å². The molecule has 0 atom stereocenters. The van der Waals surface area contributed by atoms with Crippen LogP contribution in [0.4, 0.5) is 0 Å². The minimum Gasteiger partial charge on any atom is -0.421 e. The van der Waals surface area contributed by atoms with Gasteiger partial charge in [-0.05, 0) is 24.3 Å². The van der Waals surface area contributed by atoms with E-state index < -0.39 is 5.97 Å². The van der Waals surface area contributed by atoms with E-state index >= 15 is 0 Å². The molecule has 0 aliphatic rings. The van der Waals surface area contributed by atoms with Crippen LogP contribution < -0.4 is 4.74 Å². The maximum Gasteiger partial charge on any atom is 0.346 e. The first-order valence-corrected chi connectivity index (χ1v) is 6.62. The van der Waals surface area contributed by atoms with Gasteiger partial charge < -0.3 is 4.74 Å². The summed E-state index contributed by atoms with van der Waals surface area (Å²) in [5, 5.41) is 0.736. The Kier molecular flexibility index (Phi) is 4.58. The molecule has 98 valence electrons. The zero-order chi connectivity index (χ0) is 14.0. The highest BCUT2D eigenvalue weighted by atomic mass is 35.5. The van der Waals surface area contributed by atoms with Crippen molar-refractivity contribution in [3.8, 4) is 5.75 Å². The number of hydrogen-bond acceptors (Lipinski definition) is 2. The fourth-order valence-corrected chi connectivity index (χ4v) is 2.25. The fourth-order valence-electron chi connectivity index (χ4n) is 1.39. The molecule has 0 aromatic heterocycles.